The molecule has 0 radical (unpaired) electrons. The molecule has 1 fully saturated rings. The molecule has 1 aromatic rings. The van der Waals surface area contributed by atoms with E-state index in [1.165, 1.54) is 0 Å². The summed E-state index contributed by atoms with van der Waals surface area (Å²) in [6.07, 6.45) is 3.01. The van der Waals surface area contributed by atoms with Gasteiger partial charge in [0.05, 0.1) is 6.61 Å². The molecule has 1 aliphatic heterocycles. The molecule has 1 atom stereocenters. The Hall–Kier alpha value is -1.39. The second-order valence-electron chi connectivity index (χ2n) is 5.45. The Kier molecular flexibility index (Phi) is 5.56. The fraction of sp³-hybridized carbons (Fsp3) is 0.562. The maximum atomic E-state index is 12.6. The van der Waals surface area contributed by atoms with Crippen LogP contribution in [0.5, 0.6) is 0 Å². The van der Waals surface area contributed by atoms with Crippen LogP contribution in [-0.4, -0.2) is 44.2 Å². The van der Waals surface area contributed by atoms with E-state index in [9.17, 15) is 4.79 Å². The highest BCUT2D eigenvalue weighted by molar-refractivity contribution is 5.94. The Morgan fingerprint density at radius 3 is 3.10 bits per heavy atom. The normalized spacial score (nSPS) is 19.1. The molecule has 0 bridgehead atoms. The molecule has 1 heterocycles. The zero-order valence-electron chi connectivity index (χ0n) is 12.2. The number of carbonyl (C=O) groups excluding carboxylic acids is 1. The third kappa shape index (κ3) is 3.81. The van der Waals surface area contributed by atoms with E-state index in [1.807, 2.05) is 29.2 Å². The lowest BCUT2D eigenvalue weighted by atomic mass is 9.98. The van der Waals surface area contributed by atoms with E-state index in [0.29, 0.717) is 12.5 Å². The molecule has 0 aromatic heterocycles. The summed E-state index contributed by atoms with van der Waals surface area (Å²) >= 11 is 0. The quantitative estimate of drug-likeness (QED) is 0.890. The van der Waals surface area contributed by atoms with Crippen molar-refractivity contribution < 1.29 is 9.53 Å². The van der Waals surface area contributed by atoms with Crippen LogP contribution < -0.4 is 5.73 Å². The van der Waals surface area contributed by atoms with E-state index in [-0.39, 0.29) is 5.91 Å². The average molecular weight is 276 g/mol. The van der Waals surface area contributed by atoms with Crippen molar-refractivity contribution in [2.75, 3.05) is 33.4 Å². The van der Waals surface area contributed by atoms with Crippen molar-refractivity contribution in [1.82, 2.24) is 4.90 Å². The van der Waals surface area contributed by atoms with Crippen LogP contribution in [0.15, 0.2) is 24.3 Å². The molecule has 4 nitrogen and oxygen atoms in total. The van der Waals surface area contributed by atoms with Crippen LogP contribution in [0.4, 0.5) is 0 Å². The van der Waals surface area contributed by atoms with E-state index in [0.717, 1.165) is 50.1 Å². The molecule has 1 unspecified atom stereocenters. The topological polar surface area (TPSA) is 55.6 Å². The fourth-order valence-corrected chi connectivity index (χ4v) is 2.83. The summed E-state index contributed by atoms with van der Waals surface area (Å²) in [5.74, 6) is 0.592. The van der Waals surface area contributed by atoms with Gasteiger partial charge in [-0.1, -0.05) is 12.1 Å². The number of nitrogens with two attached hydrogens (primary N) is 1. The van der Waals surface area contributed by atoms with Gasteiger partial charge < -0.3 is 15.4 Å². The van der Waals surface area contributed by atoms with Crippen LogP contribution in [0.1, 0.15) is 28.8 Å². The minimum Gasteiger partial charge on any atom is -0.384 e. The second kappa shape index (κ2) is 7.41. The molecule has 1 aliphatic rings. The number of carbonyl (C=O) groups is 1. The Balaban J connectivity index is 2.04. The molecule has 2 rings (SSSR count). The summed E-state index contributed by atoms with van der Waals surface area (Å²) in [7, 11) is 1.72. The summed E-state index contributed by atoms with van der Waals surface area (Å²) in [4.78, 5) is 14.5. The molecule has 20 heavy (non-hydrogen) atoms. The zero-order chi connectivity index (χ0) is 14.4. The largest absolute Gasteiger partial charge is 0.384 e. The minimum atomic E-state index is 0.129. The Labute approximate surface area is 120 Å². The van der Waals surface area contributed by atoms with Crippen LogP contribution in [-0.2, 0) is 11.2 Å². The molecule has 0 saturated carbocycles. The summed E-state index contributed by atoms with van der Waals surface area (Å²) < 4.78 is 5.21. The second-order valence-corrected chi connectivity index (χ2v) is 5.45. The van der Waals surface area contributed by atoms with Gasteiger partial charge in [0, 0.05) is 25.8 Å². The zero-order valence-corrected chi connectivity index (χ0v) is 12.2. The number of benzene rings is 1. The summed E-state index contributed by atoms with van der Waals surface area (Å²) in [5.41, 5.74) is 7.47. The van der Waals surface area contributed by atoms with Gasteiger partial charge in [-0.3, -0.25) is 4.79 Å². The van der Waals surface area contributed by atoms with Crippen molar-refractivity contribution in [1.29, 1.82) is 0 Å². The Bertz CT molecular complexity index is 446. The SMILES string of the molecule is COCC1CCCN(C(=O)c2cccc(CCN)c2)C1. The maximum Gasteiger partial charge on any atom is 0.253 e. The minimum absolute atomic E-state index is 0.129. The van der Waals surface area contributed by atoms with Crippen LogP contribution in [0.25, 0.3) is 0 Å². The van der Waals surface area contributed by atoms with Gasteiger partial charge in [0.1, 0.15) is 0 Å². The highest BCUT2D eigenvalue weighted by Crippen LogP contribution is 2.19. The van der Waals surface area contributed by atoms with Crippen molar-refractivity contribution in [3.8, 4) is 0 Å². The molecule has 0 aliphatic carbocycles. The Morgan fingerprint density at radius 2 is 2.35 bits per heavy atom. The van der Waals surface area contributed by atoms with E-state index >= 15 is 0 Å². The van der Waals surface area contributed by atoms with Crippen molar-refractivity contribution in [3.63, 3.8) is 0 Å². The molecule has 2 N–H and O–H groups in total. The third-order valence-electron chi connectivity index (χ3n) is 3.82. The first-order valence-electron chi connectivity index (χ1n) is 7.32. The van der Waals surface area contributed by atoms with Crippen LogP contribution in [0, 0.1) is 5.92 Å². The molecule has 1 aromatic carbocycles. The average Bonchev–Trinajstić information content (AvgIpc) is 2.48. The molecule has 110 valence electrons. The van der Waals surface area contributed by atoms with E-state index in [2.05, 4.69) is 0 Å². The number of methoxy groups -OCH3 is 1. The first-order chi connectivity index (χ1) is 9.74. The molecule has 1 amide bonds. The monoisotopic (exact) mass is 276 g/mol. The predicted octanol–water partition coefficient (Wildman–Crippen LogP) is 1.69. The highest BCUT2D eigenvalue weighted by Gasteiger charge is 2.24. The number of piperidine rings is 1. The van der Waals surface area contributed by atoms with Crippen LogP contribution in [0.3, 0.4) is 0 Å². The standard InChI is InChI=1S/C16H24N2O2/c1-20-12-14-5-3-9-18(11-14)16(19)15-6-2-4-13(10-15)7-8-17/h2,4,6,10,14H,3,5,7-9,11-12,17H2,1H3. The number of likely N-dealkylation sites (tertiary alicyclic amines) is 1. The van der Waals surface area contributed by atoms with Gasteiger partial charge in [-0.15, -0.1) is 0 Å². The lowest BCUT2D eigenvalue weighted by Crippen LogP contribution is -2.41. The smallest absolute Gasteiger partial charge is 0.253 e. The van der Waals surface area contributed by atoms with Gasteiger partial charge in [0.25, 0.3) is 5.91 Å². The molecule has 1 saturated heterocycles. The van der Waals surface area contributed by atoms with E-state index < -0.39 is 0 Å². The summed E-state index contributed by atoms with van der Waals surface area (Å²) in [6, 6.07) is 7.82. The molecular weight excluding hydrogens is 252 g/mol. The molecular formula is C16H24N2O2. The Morgan fingerprint density at radius 1 is 1.50 bits per heavy atom. The number of hydrogen-bond donors (Lipinski definition) is 1. The van der Waals surface area contributed by atoms with Crippen molar-refractivity contribution >= 4 is 5.91 Å². The number of rotatable bonds is 5. The van der Waals surface area contributed by atoms with Gasteiger partial charge in [-0.25, -0.2) is 0 Å². The first-order valence-corrected chi connectivity index (χ1v) is 7.32. The van der Waals surface area contributed by atoms with Crippen molar-refractivity contribution in [2.24, 2.45) is 11.7 Å². The summed E-state index contributed by atoms with van der Waals surface area (Å²) in [6.45, 7) is 2.99. The summed E-state index contributed by atoms with van der Waals surface area (Å²) in [5, 5.41) is 0. The number of amides is 1. The number of nitrogens with zero attached hydrogens (tertiary/aromatic N) is 1. The van der Waals surface area contributed by atoms with Gasteiger partial charge in [0.2, 0.25) is 0 Å². The van der Waals surface area contributed by atoms with Gasteiger partial charge in [-0.2, -0.15) is 0 Å². The fourth-order valence-electron chi connectivity index (χ4n) is 2.83. The molecule has 0 spiro atoms. The third-order valence-corrected chi connectivity index (χ3v) is 3.82. The maximum absolute atomic E-state index is 12.6. The van der Waals surface area contributed by atoms with Crippen molar-refractivity contribution in [3.05, 3.63) is 35.4 Å². The van der Waals surface area contributed by atoms with Crippen molar-refractivity contribution in [2.45, 2.75) is 19.3 Å². The highest BCUT2D eigenvalue weighted by atomic mass is 16.5. The number of ether oxygens (including phenoxy) is 1. The molecule has 4 heteroatoms. The lowest BCUT2D eigenvalue weighted by molar-refractivity contribution is 0.0571. The van der Waals surface area contributed by atoms with Gasteiger partial charge >= 0.3 is 0 Å². The van der Waals surface area contributed by atoms with Gasteiger partial charge in [0.15, 0.2) is 0 Å². The lowest BCUT2D eigenvalue weighted by Gasteiger charge is -2.32. The van der Waals surface area contributed by atoms with E-state index in [1.54, 1.807) is 7.11 Å². The van der Waals surface area contributed by atoms with Gasteiger partial charge in [-0.05, 0) is 49.4 Å². The number of hydrogen-bond acceptors (Lipinski definition) is 3. The van der Waals surface area contributed by atoms with Crippen LogP contribution >= 0.6 is 0 Å². The predicted molar refractivity (Wildman–Crippen MR) is 79.7 cm³/mol. The van der Waals surface area contributed by atoms with Crippen LogP contribution in [0.2, 0.25) is 0 Å². The van der Waals surface area contributed by atoms with E-state index in [4.69, 9.17) is 10.5 Å². The first kappa shape index (κ1) is 15.0.